The van der Waals surface area contributed by atoms with Gasteiger partial charge in [0.1, 0.15) is 5.52 Å². The van der Waals surface area contributed by atoms with E-state index in [0.29, 0.717) is 12.0 Å². The summed E-state index contributed by atoms with van der Waals surface area (Å²) in [4.78, 5) is 8.88. The van der Waals surface area contributed by atoms with Crippen LogP contribution in [-0.4, -0.2) is 14.5 Å². The molecule has 4 heteroatoms. The molecule has 1 unspecified atom stereocenters. The monoisotopic (exact) mass is 264 g/mol. The van der Waals surface area contributed by atoms with Crippen LogP contribution < -0.4 is 5.73 Å². The van der Waals surface area contributed by atoms with Crippen LogP contribution >= 0.6 is 0 Å². The van der Waals surface area contributed by atoms with E-state index in [-0.39, 0.29) is 0 Å². The number of nitrogens with zero attached hydrogens (tertiary/aromatic N) is 3. The molecule has 100 valence electrons. The summed E-state index contributed by atoms with van der Waals surface area (Å²) in [6.07, 6.45) is 4.98. The smallest absolute Gasteiger partial charge is 0.202 e. The van der Waals surface area contributed by atoms with Crippen molar-refractivity contribution >= 4 is 17.1 Å². The molecule has 2 aromatic heterocycles. The predicted molar refractivity (Wildman–Crippen MR) is 79.4 cm³/mol. The van der Waals surface area contributed by atoms with Gasteiger partial charge in [0.2, 0.25) is 5.95 Å². The summed E-state index contributed by atoms with van der Waals surface area (Å²) >= 11 is 0. The summed E-state index contributed by atoms with van der Waals surface area (Å²) in [6, 6.07) is 12.9. The zero-order chi connectivity index (χ0) is 13.5. The molecule has 1 aliphatic carbocycles. The lowest BCUT2D eigenvalue weighted by Crippen LogP contribution is -2.20. The Morgan fingerprint density at radius 3 is 2.85 bits per heavy atom. The molecule has 2 heterocycles. The van der Waals surface area contributed by atoms with Gasteiger partial charge in [-0.25, -0.2) is 9.97 Å². The Morgan fingerprint density at radius 1 is 1.10 bits per heavy atom. The highest BCUT2D eigenvalue weighted by atomic mass is 15.2. The molecular weight excluding hydrogens is 248 g/mol. The highest BCUT2D eigenvalue weighted by molar-refractivity contribution is 5.74. The molecule has 0 saturated heterocycles. The van der Waals surface area contributed by atoms with Crippen molar-refractivity contribution in [3.8, 4) is 0 Å². The maximum absolute atomic E-state index is 6.12. The van der Waals surface area contributed by atoms with Crippen molar-refractivity contribution in [3.63, 3.8) is 0 Å². The molecule has 3 aromatic rings. The van der Waals surface area contributed by atoms with Crippen molar-refractivity contribution in [2.45, 2.75) is 25.3 Å². The van der Waals surface area contributed by atoms with Gasteiger partial charge in [0.25, 0.3) is 0 Å². The van der Waals surface area contributed by atoms with Gasteiger partial charge in [-0.2, -0.15) is 0 Å². The number of hydrogen-bond donors (Lipinski definition) is 1. The average Bonchev–Trinajstić information content (AvgIpc) is 2.82. The van der Waals surface area contributed by atoms with Crippen molar-refractivity contribution in [3.05, 3.63) is 53.7 Å². The fourth-order valence-corrected chi connectivity index (χ4v) is 3.21. The van der Waals surface area contributed by atoms with Crippen LogP contribution in [0.1, 0.15) is 23.6 Å². The minimum Gasteiger partial charge on any atom is -0.369 e. The molecule has 0 aliphatic heterocycles. The second kappa shape index (κ2) is 4.34. The molecule has 1 atom stereocenters. The van der Waals surface area contributed by atoms with Crippen molar-refractivity contribution in [1.82, 2.24) is 14.5 Å². The predicted octanol–water partition coefficient (Wildman–Crippen LogP) is 2.74. The quantitative estimate of drug-likeness (QED) is 0.735. The van der Waals surface area contributed by atoms with E-state index in [9.17, 15) is 0 Å². The van der Waals surface area contributed by atoms with Crippen LogP contribution in [0, 0.1) is 0 Å². The normalized spacial score (nSPS) is 18.1. The van der Waals surface area contributed by atoms with Crippen molar-refractivity contribution < 1.29 is 0 Å². The molecule has 0 saturated carbocycles. The van der Waals surface area contributed by atoms with Crippen molar-refractivity contribution in [2.24, 2.45) is 0 Å². The first-order chi connectivity index (χ1) is 9.83. The number of benzene rings is 1. The van der Waals surface area contributed by atoms with Crippen LogP contribution in [0.3, 0.4) is 0 Å². The lowest BCUT2D eigenvalue weighted by atomic mass is 9.88. The van der Waals surface area contributed by atoms with Gasteiger partial charge in [0.05, 0.1) is 0 Å². The van der Waals surface area contributed by atoms with E-state index in [1.54, 1.807) is 6.20 Å². The summed E-state index contributed by atoms with van der Waals surface area (Å²) < 4.78 is 2.10. The Kier molecular flexibility index (Phi) is 2.49. The number of aryl methyl sites for hydroxylation is 1. The molecule has 2 N–H and O–H groups in total. The molecule has 0 radical (unpaired) electrons. The van der Waals surface area contributed by atoms with Crippen LogP contribution in [0.15, 0.2) is 42.6 Å². The lowest BCUT2D eigenvalue weighted by molar-refractivity contribution is 0.455. The second-order valence-corrected chi connectivity index (χ2v) is 5.35. The number of hydrogen-bond acceptors (Lipinski definition) is 3. The van der Waals surface area contributed by atoms with Crippen LogP contribution in [0.4, 0.5) is 5.95 Å². The van der Waals surface area contributed by atoms with Crippen LogP contribution in [0.5, 0.6) is 0 Å². The highest BCUT2D eigenvalue weighted by Gasteiger charge is 2.23. The molecule has 4 rings (SSSR count). The summed E-state index contributed by atoms with van der Waals surface area (Å²) in [5.41, 5.74) is 10.8. The molecule has 1 aliphatic rings. The van der Waals surface area contributed by atoms with E-state index in [4.69, 9.17) is 5.73 Å². The summed E-state index contributed by atoms with van der Waals surface area (Å²) in [7, 11) is 0. The minimum absolute atomic E-state index is 0.352. The summed E-state index contributed by atoms with van der Waals surface area (Å²) in [5.74, 6) is 0.572. The molecule has 0 spiro atoms. The van der Waals surface area contributed by atoms with Gasteiger partial charge >= 0.3 is 0 Å². The summed E-state index contributed by atoms with van der Waals surface area (Å²) in [5, 5.41) is 0. The molecule has 0 fully saturated rings. The fourth-order valence-electron chi connectivity index (χ4n) is 3.21. The SMILES string of the molecule is Nc1nc2cccnc2n1C1CCc2ccccc2C1. The Labute approximate surface area is 117 Å². The van der Waals surface area contributed by atoms with Gasteiger partial charge < -0.3 is 5.73 Å². The van der Waals surface area contributed by atoms with E-state index in [1.807, 2.05) is 12.1 Å². The third-order valence-corrected chi connectivity index (χ3v) is 4.16. The Bertz CT molecular complexity index is 775. The zero-order valence-electron chi connectivity index (χ0n) is 11.2. The first-order valence-electron chi connectivity index (χ1n) is 6.98. The van der Waals surface area contributed by atoms with E-state index in [1.165, 1.54) is 11.1 Å². The van der Waals surface area contributed by atoms with Crippen LogP contribution in [0.25, 0.3) is 11.2 Å². The van der Waals surface area contributed by atoms with Gasteiger partial charge in [-0.3, -0.25) is 4.57 Å². The van der Waals surface area contributed by atoms with Gasteiger partial charge in [-0.15, -0.1) is 0 Å². The Balaban J connectivity index is 1.80. The summed E-state index contributed by atoms with van der Waals surface area (Å²) in [6.45, 7) is 0. The van der Waals surface area contributed by atoms with E-state index in [2.05, 4.69) is 38.8 Å². The van der Waals surface area contributed by atoms with Gasteiger partial charge in [0, 0.05) is 12.2 Å². The third kappa shape index (κ3) is 1.68. The van der Waals surface area contributed by atoms with Gasteiger partial charge in [-0.05, 0) is 42.5 Å². The van der Waals surface area contributed by atoms with Crippen LogP contribution in [0.2, 0.25) is 0 Å². The number of anilines is 1. The molecule has 0 bridgehead atoms. The van der Waals surface area contributed by atoms with Crippen LogP contribution in [-0.2, 0) is 12.8 Å². The molecule has 1 aromatic carbocycles. The second-order valence-electron chi connectivity index (χ2n) is 5.35. The van der Waals surface area contributed by atoms with Gasteiger partial charge in [0.15, 0.2) is 5.65 Å². The topological polar surface area (TPSA) is 56.7 Å². The maximum Gasteiger partial charge on any atom is 0.202 e. The van der Waals surface area contributed by atoms with E-state index in [0.717, 1.165) is 30.4 Å². The lowest BCUT2D eigenvalue weighted by Gasteiger charge is -2.26. The minimum atomic E-state index is 0.352. The standard InChI is InChI=1S/C16H16N4/c17-16-19-14-6-3-9-18-15(14)20(16)13-8-7-11-4-1-2-5-12(11)10-13/h1-6,9,13H,7-8,10H2,(H2,17,19). The van der Waals surface area contributed by atoms with Crippen molar-refractivity contribution in [1.29, 1.82) is 0 Å². The fraction of sp³-hybridized carbons (Fsp3) is 0.250. The Hall–Kier alpha value is -2.36. The first-order valence-corrected chi connectivity index (χ1v) is 6.98. The number of rotatable bonds is 1. The number of imidazole rings is 1. The van der Waals surface area contributed by atoms with Crippen molar-refractivity contribution in [2.75, 3.05) is 5.73 Å². The number of nitrogen functional groups attached to an aromatic ring is 1. The number of pyridine rings is 1. The zero-order valence-corrected chi connectivity index (χ0v) is 11.2. The molecule has 4 nitrogen and oxygen atoms in total. The molecule has 0 amide bonds. The Morgan fingerprint density at radius 2 is 1.95 bits per heavy atom. The number of fused-ring (bicyclic) bond motifs is 2. The number of aromatic nitrogens is 3. The third-order valence-electron chi connectivity index (χ3n) is 4.16. The molecular formula is C16H16N4. The highest BCUT2D eigenvalue weighted by Crippen LogP contribution is 2.32. The van der Waals surface area contributed by atoms with Gasteiger partial charge in [-0.1, -0.05) is 24.3 Å². The maximum atomic E-state index is 6.12. The van der Waals surface area contributed by atoms with E-state index < -0.39 is 0 Å². The average molecular weight is 264 g/mol. The largest absolute Gasteiger partial charge is 0.369 e. The first kappa shape index (κ1) is 11.5. The number of nitrogens with two attached hydrogens (primary N) is 1. The van der Waals surface area contributed by atoms with E-state index >= 15 is 0 Å². The molecule has 20 heavy (non-hydrogen) atoms.